The van der Waals surface area contributed by atoms with Crippen molar-refractivity contribution in [3.63, 3.8) is 0 Å². The molecule has 0 aliphatic rings. The van der Waals surface area contributed by atoms with E-state index in [0.717, 1.165) is 103 Å². The molecule has 1 unspecified atom stereocenters. The van der Waals surface area contributed by atoms with Gasteiger partial charge in [0.25, 0.3) is 0 Å². The van der Waals surface area contributed by atoms with Crippen LogP contribution in [0.3, 0.4) is 0 Å². The summed E-state index contributed by atoms with van der Waals surface area (Å²) in [7, 11) is 0. The minimum atomic E-state index is -0.786. The predicted molar refractivity (Wildman–Crippen MR) is 353 cm³/mol. The molecule has 1 atom stereocenters. The number of unbranched alkanes of at least 4 members (excludes halogenated alkanes) is 39. The molecule has 0 N–H and O–H groups in total. The van der Waals surface area contributed by atoms with Gasteiger partial charge in [-0.05, 0) is 116 Å². The molecule has 0 bridgehead atoms. The molecule has 6 heteroatoms. The van der Waals surface area contributed by atoms with Gasteiger partial charge in [0.1, 0.15) is 13.2 Å². The van der Waals surface area contributed by atoms with E-state index >= 15 is 0 Å². The number of rotatable bonds is 64. The molecule has 0 amide bonds. The monoisotopic (exact) mass is 1130 g/mol. The number of allylic oxidation sites excluding steroid dienone is 14. The highest BCUT2D eigenvalue weighted by atomic mass is 16.6. The average molecular weight is 1130 g/mol. The number of hydrogen-bond donors (Lipinski definition) is 0. The van der Waals surface area contributed by atoms with Gasteiger partial charge in [-0.15, -0.1) is 0 Å². The van der Waals surface area contributed by atoms with Crippen LogP contribution in [0.5, 0.6) is 0 Å². The van der Waals surface area contributed by atoms with Gasteiger partial charge >= 0.3 is 17.9 Å². The summed E-state index contributed by atoms with van der Waals surface area (Å²) in [6.45, 7) is 6.54. The maximum absolute atomic E-state index is 13.0. The number of carbonyl (C=O) groups excluding carboxylic acids is 3. The lowest BCUT2D eigenvalue weighted by Crippen LogP contribution is -2.30. The molecule has 0 fully saturated rings. The Kier molecular flexibility index (Phi) is 66.2. The Morgan fingerprint density at radius 1 is 0.259 bits per heavy atom. The van der Waals surface area contributed by atoms with Crippen LogP contribution < -0.4 is 0 Å². The van der Waals surface area contributed by atoms with E-state index in [1.807, 2.05) is 0 Å². The molecule has 0 heterocycles. The average Bonchev–Trinajstić information content (AvgIpc) is 3.47. The maximum atomic E-state index is 13.0. The summed E-state index contributed by atoms with van der Waals surface area (Å²) in [6, 6.07) is 0. The van der Waals surface area contributed by atoms with Crippen LogP contribution in [0.25, 0.3) is 0 Å². The lowest BCUT2D eigenvalue weighted by molar-refractivity contribution is -0.167. The highest BCUT2D eigenvalue weighted by Crippen LogP contribution is 2.17. The van der Waals surface area contributed by atoms with E-state index < -0.39 is 6.10 Å². The number of carbonyl (C=O) groups is 3. The van der Waals surface area contributed by atoms with Gasteiger partial charge in [-0.1, -0.05) is 305 Å². The Labute approximate surface area is 503 Å². The van der Waals surface area contributed by atoms with Crippen LogP contribution in [0.4, 0.5) is 0 Å². The molecule has 6 nitrogen and oxygen atoms in total. The maximum Gasteiger partial charge on any atom is 0.306 e. The van der Waals surface area contributed by atoms with E-state index in [0.29, 0.717) is 19.3 Å². The summed E-state index contributed by atoms with van der Waals surface area (Å²) in [4.78, 5) is 38.4. The van der Waals surface area contributed by atoms with Gasteiger partial charge in [-0.2, -0.15) is 0 Å². The summed E-state index contributed by atoms with van der Waals surface area (Å²) in [6.07, 6.45) is 91.7. The highest BCUT2D eigenvalue weighted by molar-refractivity contribution is 5.71. The van der Waals surface area contributed by atoms with Crippen LogP contribution in [-0.2, 0) is 28.6 Å². The quantitative estimate of drug-likeness (QED) is 0.0261. The Hall–Kier alpha value is -3.41. The van der Waals surface area contributed by atoms with Gasteiger partial charge in [0.2, 0.25) is 0 Å². The van der Waals surface area contributed by atoms with Gasteiger partial charge in [0, 0.05) is 19.3 Å². The minimum Gasteiger partial charge on any atom is -0.462 e. The van der Waals surface area contributed by atoms with Crippen molar-refractivity contribution in [2.45, 2.75) is 361 Å². The Balaban J connectivity index is 4.31. The van der Waals surface area contributed by atoms with Crippen molar-refractivity contribution in [3.05, 3.63) is 85.1 Å². The molecule has 0 aromatic rings. The molecule has 0 rings (SSSR count). The first-order valence-corrected chi connectivity index (χ1v) is 35.1. The summed E-state index contributed by atoms with van der Waals surface area (Å²) in [5, 5.41) is 0. The third-order valence-electron chi connectivity index (χ3n) is 15.4. The smallest absolute Gasteiger partial charge is 0.306 e. The summed E-state index contributed by atoms with van der Waals surface area (Å²) >= 11 is 0. The van der Waals surface area contributed by atoms with Crippen LogP contribution in [-0.4, -0.2) is 37.2 Å². The molecule has 0 aromatic heterocycles. The number of ether oxygens (including phenoxy) is 3. The fraction of sp³-hybridized carbons (Fsp3) is 0.773. The van der Waals surface area contributed by atoms with Crippen molar-refractivity contribution in [2.24, 2.45) is 0 Å². The van der Waals surface area contributed by atoms with Crippen LogP contribution in [0.15, 0.2) is 85.1 Å². The van der Waals surface area contributed by atoms with Gasteiger partial charge in [-0.3, -0.25) is 14.4 Å². The topological polar surface area (TPSA) is 78.9 Å². The molecular formula is C75H132O6. The third-order valence-corrected chi connectivity index (χ3v) is 15.4. The van der Waals surface area contributed by atoms with Crippen LogP contribution in [0, 0.1) is 0 Å². The Bertz CT molecular complexity index is 1530. The molecule has 468 valence electrons. The Morgan fingerprint density at radius 3 is 0.765 bits per heavy atom. The van der Waals surface area contributed by atoms with Crippen LogP contribution in [0.1, 0.15) is 355 Å². The molecule has 0 saturated carbocycles. The largest absolute Gasteiger partial charge is 0.462 e. The SMILES string of the molecule is CC/C=C\C/C=C\C/C=C\C/C=C\CCCCCCCCCCC(=O)OC(COC(=O)CCCCCCC/C=C\CCCCCCCC)COC(=O)CCCCCCCCCCCCCCCCC/C=C\C/C=C\CCCCCCC. The van der Waals surface area contributed by atoms with Crippen molar-refractivity contribution >= 4 is 17.9 Å². The van der Waals surface area contributed by atoms with Gasteiger partial charge in [0.15, 0.2) is 6.10 Å². The first-order chi connectivity index (χ1) is 40.0. The highest BCUT2D eigenvalue weighted by Gasteiger charge is 2.19. The standard InChI is InChI=1S/C75H132O6/c1-4-7-10-13-16-19-22-25-28-30-32-34-35-36-37-38-39-41-42-44-47-50-53-56-59-62-65-68-74(77)80-71-72(70-79-73(76)67-64-61-58-55-52-49-46-27-24-21-18-15-12-9-6-3)81-75(78)69-66-63-60-57-54-51-48-45-43-40-33-31-29-26-23-20-17-14-11-8-5-2/h8,11,17,20,22,25-27,29-30,32-33,40,46,72H,4-7,9-10,12-16,18-19,21,23-24,28,31,34-39,41-45,47-71H2,1-3H3/b11-8-,20-17-,25-22-,29-26-,32-30-,40-33-,46-27-. The second-order valence-corrected chi connectivity index (χ2v) is 23.4. The fourth-order valence-corrected chi connectivity index (χ4v) is 10.1. The first kappa shape index (κ1) is 77.6. The molecule has 0 radical (unpaired) electrons. The molecule has 0 aromatic carbocycles. The molecular weight excluding hydrogens is 997 g/mol. The normalized spacial score (nSPS) is 12.6. The molecule has 0 spiro atoms. The zero-order valence-electron chi connectivity index (χ0n) is 53.8. The second-order valence-electron chi connectivity index (χ2n) is 23.4. The second kappa shape index (κ2) is 69.1. The zero-order chi connectivity index (χ0) is 58.5. The van der Waals surface area contributed by atoms with Gasteiger partial charge in [-0.25, -0.2) is 0 Å². The van der Waals surface area contributed by atoms with Crippen LogP contribution >= 0.6 is 0 Å². The Morgan fingerprint density at radius 2 is 0.481 bits per heavy atom. The van der Waals surface area contributed by atoms with Crippen molar-refractivity contribution in [1.82, 2.24) is 0 Å². The van der Waals surface area contributed by atoms with Gasteiger partial charge < -0.3 is 14.2 Å². The van der Waals surface area contributed by atoms with E-state index in [9.17, 15) is 14.4 Å². The lowest BCUT2D eigenvalue weighted by Gasteiger charge is -2.18. The van der Waals surface area contributed by atoms with Crippen molar-refractivity contribution < 1.29 is 28.6 Å². The summed E-state index contributed by atoms with van der Waals surface area (Å²) in [5.41, 5.74) is 0. The van der Waals surface area contributed by atoms with E-state index in [2.05, 4.69) is 106 Å². The predicted octanol–water partition coefficient (Wildman–Crippen LogP) is 24.2. The van der Waals surface area contributed by atoms with E-state index in [4.69, 9.17) is 14.2 Å². The number of esters is 3. The van der Waals surface area contributed by atoms with E-state index in [1.54, 1.807) is 0 Å². The molecule has 81 heavy (non-hydrogen) atoms. The van der Waals surface area contributed by atoms with Gasteiger partial charge in [0.05, 0.1) is 0 Å². The lowest BCUT2D eigenvalue weighted by atomic mass is 10.0. The molecule has 0 saturated heterocycles. The molecule has 0 aliphatic carbocycles. The zero-order valence-corrected chi connectivity index (χ0v) is 53.8. The summed E-state index contributed by atoms with van der Waals surface area (Å²) in [5.74, 6) is -0.880. The minimum absolute atomic E-state index is 0.0802. The summed E-state index contributed by atoms with van der Waals surface area (Å²) < 4.78 is 17.0. The fourth-order valence-electron chi connectivity index (χ4n) is 10.1. The van der Waals surface area contributed by atoms with Crippen LogP contribution in [0.2, 0.25) is 0 Å². The van der Waals surface area contributed by atoms with E-state index in [1.165, 1.54) is 212 Å². The van der Waals surface area contributed by atoms with E-state index in [-0.39, 0.29) is 31.1 Å². The van der Waals surface area contributed by atoms with Crippen molar-refractivity contribution in [3.8, 4) is 0 Å². The third kappa shape index (κ3) is 67.3. The van der Waals surface area contributed by atoms with Crippen molar-refractivity contribution in [1.29, 1.82) is 0 Å². The number of hydrogen-bond acceptors (Lipinski definition) is 6. The first-order valence-electron chi connectivity index (χ1n) is 35.1. The van der Waals surface area contributed by atoms with Crippen molar-refractivity contribution in [2.75, 3.05) is 13.2 Å². The molecule has 0 aliphatic heterocycles.